The van der Waals surface area contributed by atoms with Gasteiger partial charge in [0, 0.05) is 62.5 Å². The molecule has 1 aliphatic rings. The maximum absolute atomic E-state index is 13.0. The highest BCUT2D eigenvalue weighted by Gasteiger charge is 2.22. The summed E-state index contributed by atoms with van der Waals surface area (Å²) in [5.41, 5.74) is 4.88. The molecule has 5 rings (SSSR count). The number of H-pyrrole nitrogens is 1. The van der Waals surface area contributed by atoms with Gasteiger partial charge in [0.2, 0.25) is 5.91 Å². The second-order valence-electron chi connectivity index (χ2n) is 9.17. The second kappa shape index (κ2) is 10.3. The normalized spacial score (nSPS) is 13.5. The number of hydrogen-bond donors (Lipinski definition) is 1. The number of nitrogens with one attached hydrogen (secondary N) is 1. The van der Waals surface area contributed by atoms with Crippen LogP contribution in [0.5, 0.6) is 5.75 Å². The Morgan fingerprint density at radius 3 is 2.81 bits per heavy atom. The van der Waals surface area contributed by atoms with E-state index >= 15 is 0 Å². The summed E-state index contributed by atoms with van der Waals surface area (Å²) in [5, 5.41) is 8.61. The number of ether oxygens (including phenoxy) is 1. The van der Waals surface area contributed by atoms with Gasteiger partial charge >= 0.3 is 0 Å². The van der Waals surface area contributed by atoms with E-state index in [2.05, 4.69) is 32.4 Å². The average Bonchev–Trinajstić information content (AvgIpc) is 3.60. The molecule has 4 heterocycles. The molecule has 2 amide bonds. The van der Waals surface area contributed by atoms with Crippen LogP contribution < -0.4 is 4.74 Å². The van der Waals surface area contributed by atoms with Crippen molar-refractivity contribution < 1.29 is 14.3 Å². The largest absolute Gasteiger partial charge is 0.494 e. The lowest BCUT2D eigenvalue weighted by atomic mass is 9.95. The minimum absolute atomic E-state index is 0.0764. The van der Waals surface area contributed by atoms with Crippen LogP contribution in [0.15, 0.2) is 55.0 Å². The van der Waals surface area contributed by atoms with Crippen molar-refractivity contribution in [1.29, 1.82) is 0 Å². The maximum atomic E-state index is 13.0. The molecule has 0 saturated carbocycles. The number of nitrogens with zero attached hydrogens (tertiary/aromatic N) is 6. The molecule has 0 bridgehead atoms. The predicted molar refractivity (Wildman–Crippen MR) is 140 cm³/mol. The van der Waals surface area contributed by atoms with Crippen LogP contribution in [-0.4, -0.2) is 80.9 Å². The van der Waals surface area contributed by atoms with Crippen molar-refractivity contribution in [2.45, 2.75) is 19.4 Å². The molecule has 37 heavy (non-hydrogen) atoms. The molecule has 1 aromatic carbocycles. The Bertz CT molecular complexity index is 1470. The van der Waals surface area contributed by atoms with Crippen LogP contribution in [0, 0.1) is 0 Å². The topological polar surface area (TPSA) is 109 Å². The van der Waals surface area contributed by atoms with E-state index in [1.807, 2.05) is 29.2 Å². The van der Waals surface area contributed by atoms with Crippen molar-refractivity contribution in [1.82, 2.24) is 34.8 Å². The van der Waals surface area contributed by atoms with Crippen molar-refractivity contribution in [2.75, 3.05) is 34.3 Å². The molecule has 0 radical (unpaired) electrons. The highest BCUT2D eigenvalue weighted by Crippen LogP contribution is 2.37. The molecule has 0 fully saturated rings. The van der Waals surface area contributed by atoms with Gasteiger partial charge < -0.3 is 19.5 Å². The van der Waals surface area contributed by atoms with E-state index in [0.29, 0.717) is 43.2 Å². The van der Waals surface area contributed by atoms with Crippen molar-refractivity contribution in [3.8, 4) is 17.0 Å². The summed E-state index contributed by atoms with van der Waals surface area (Å²) in [4.78, 5) is 37.0. The zero-order valence-electron chi connectivity index (χ0n) is 21.1. The molecule has 4 aromatic rings. The van der Waals surface area contributed by atoms with Gasteiger partial charge in [-0.15, -0.1) is 5.10 Å². The molecule has 0 aliphatic carbocycles. The van der Waals surface area contributed by atoms with E-state index in [9.17, 15) is 9.59 Å². The van der Waals surface area contributed by atoms with Gasteiger partial charge in [0.1, 0.15) is 17.1 Å². The number of carbonyl (C=O) groups excluding carboxylic acids is 2. The number of benzene rings is 1. The van der Waals surface area contributed by atoms with E-state index in [-0.39, 0.29) is 11.8 Å². The second-order valence-corrected chi connectivity index (χ2v) is 9.17. The highest BCUT2D eigenvalue weighted by atomic mass is 16.5. The van der Waals surface area contributed by atoms with Crippen LogP contribution in [0.25, 0.3) is 27.7 Å². The van der Waals surface area contributed by atoms with Gasteiger partial charge in [0.05, 0.1) is 19.9 Å². The predicted octanol–water partition coefficient (Wildman–Crippen LogP) is 3.24. The molecule has 10 heteroatoms. The highest BCUT2D eigenvalue weighted by molar-refractivity contribution is 6.04. The van der Waals surface area contributed by atoms with Gasteiger partial charge in [-0.2, -0.15) is 0 Å². The third-order valence-corrected chi connectivity index (χ3v) is 6.52. The summed E-state index contributed by atoms with van der Waals surface area (Å²) in [6, 6.07) is 9.67. The monoisotopic (exact) mass is 499 g/mol. The Hall–Kier alpha value is -4.47. The minimum Gasteiger partial charge on any atom is -0.494 e. The number of methoxy groups -OCH3 is 1. The van der Waals surface area contributed by atoms with Gasteiger partial charge in [-0.3, -0.25) is 19.3 Å². The third-order valence-electron chi connectivity index (χ3n) is 6.52. The number of aromatic nitrogens is 5. The standard InChI is InChI=1S/C27H29N7O3/c1-32(2)27(36)23-16-20-21(26-24(37-3)7-4-9-28-26)14-19(15-22(20)30-23)18-6-5-11-33(17-18)25(35)8-12-34-13-10-29-31-34/h4,6-7,9-10,13-16,30H,5,8,11-12,17H2,1-3H3. The van der Waals surface area contributed by atoms with Crippen molar-refractivity contribution in [3.63, 3.8) is 0 Å². The SMILES string of the molecule is COc1cccnc1-c1cc(C2=CCCN(C(=O)CCn3ccnn3)C2)cc2[nH]c(C(=O)N(C)C)cc12. The van der Waals surface area contributed by atoms with Crippen molar-refractivity contribution in [3.05, 3.63) is 66.3 Å². The molecule has 1 N–H and O–H groups in total. The lowest BCUT2D eigenvalue weighted by Gasteiger charge is -2.28. The lowest BCUT2D eigenvalue weighted by Crippen LogP contribution is -2.36. The summed E-state index contributed by atoms with van der Waals surface area (Å²) >= 11 is 0. The number of rotatable bonds is 7. The van der Waals surface area contributed by atoms with Crippen LogP contribution in [0.1, 0.15) is 28.9 Å². The van der Waals surface area contributed by atoms with Crippen molar-refractivity contribution in [2.24, 2.45) is 0 Å². The van der Waals surface area contributed by atoms with E-state index < -0.39 is 0 Å². The Balaban J connectivity index is 1.51. The van der Waals surface area contributed by atoms with Crippen molar-refractivity contribution >= 4 is 28.3 Å². The first kappa shape index (κ1) is 24.2. The summed E-state index contributed by atoms with van der Waals surface area (Å²) in [5.74, 6) is 0.607. The van der Waals surface area contributed by atoms with Crippen LogP contribution in [0.4, 0.5) is 0 Å². The number of pyridine rings is 1. The lowest BCUT2D eigenvalue weighted by molar-refractivity contribution is -0.131. The maximum Gasteiger partial charge on any atom is 0.269 e. The molecule has 0 spiro atoms. The van der Waals surface area contributed by atoms with E-state index in [4.69, 9.17) is 4.74 Å². The quantitative estimate of drug-likeness (QED) is 0.418. The summed E-state index contributed by atoms with van der Waals surface area (Å²) < 4.78 is 7.27. The summed E-state index contributed by atoms with van der Waals surface area (Å²) in [6.45, 7) is 1.67. The molecule has 190 valence electrons. The van der Waals surface area contributed by atoms with Gasteiger partial charge in [0.25, 0.3) is 5.91 Å². The Morgan fingerprint density at radius 1 is 1.19 bits per heavy atom. The zero-order valence-corrected chi connectivity index (χ0v) is 21.1. The Labute approximate surface area is 214 Å². The first-order valence-corrected chi connectivity index (χ1v) is 12.1. The first-order chi connectivity index (χ1) is 17.9. The third kappa shape index (κ3) is 4.95. The molecular formula is C27H29N7O3. The molecular weight excluding hydrogens is 470 g/mol. The minimum atomic E-state index is -0.113. The Kier molecular flexibility index (Phi) is 6.72. The zero-order chi connectivity index (χ0) is 25.9. The first-order valence-electron chi connectivity index (χ1n) is 12.1. The fourth-order valence-corrected chi connectivity index (χ4v) is 4.62. The molecule has 0 saturated heterocycles. The molecule has 1 aliphatic heterocycles. The van der Waals surface area contributed by atoms with E-state index in [0.717, 1.165) is 34.0 Å². The van der Waals surface area contributed by atoms with E-state index in [1.54, 1.807) is 49.4 Å². The number of aryl methyl sites for hydroxylation is 1. The Morgan fingerprint density at radius 2 is 2.05 bits per heavy atom. The van der Waals surface area contributed by atoms with Gasteiger partial charge in [-0.25, -0.2) is 0 Å². The fourth-order valence-electron chi connectivity index (χ4n) is 4.62. The van der Waals surface area contributed by atoms with Crippen LogP contribution in [0.2, 0.25) is 0 Å². The number of carbonyl (C=O) groups is 2. The fraction of sp³-hybridized carbons (Fsp3) is 0.296. The molecule has 0 atom stereocenters. The molecule has 0 unspecified atom stereocenters. The number of amides is 2. The van der Waals surface area contributed by atoms with E-state index in [1.165, 1.54) is 0 Å². The van der Waals surface area contributed by atoms with Crippen LogP contribution in [0.3, 0.4) is 0 Å². The van der Waals surface area contributed by atoms with Gasteiger partial charge in [-0.1, -0.05) is 11.3 Å². The number of hydrogen-bond acceptors (Lipinski definition) is 6. The molecule has 3 aromatic heterocycles. The van der Waals surface area contributed by atoms with Crippen LogP contribution >= 0.6 is 0 Å². The number of fused-ring (bicyclic) bond motifs is 1. The van der Waals surface area contributed by atoms with Gasteiger partial charge in [0.15, 0.2) is 0 Å². The molecule has 10 nitrogen and oxygen atoms in total. The average molecular weight is 500 g/mol. The van der Waals surface area contributed by atoms with Crippen LogP contribution in [-0.2, 0) is 11.3 Å². The summed E-state index contributed by atoms with van der Waals surface area (Å²) in [6.07, 6.45) is 8.39. The van der Waals surface area contributed by atoms with Gasteiger partial charge in [-0.05, 0) is 47.9 Å². The smallest absolute Gasteiger partial charge is 0.269 e. The number of aromatic amines is 1. The summed E-state index contributed by atoms with van der Waals surface area (Å²) in [7, 11) is 5.07.